The lowest BCUT2D eigenvalue weighted by atomic mass is 9.95. The molecule has 0 fully saturated rings. The number of nitro benzene ring substituents is 1. The van der Waals surface area contributed by atoms with Crippen LogP contribution < -0.4 is 5.32 Å². The first kappa shape index (κ1) is 10.6. The average Bonchev–Trinajstić information content (AvgIpc) is 2.27. The molecule has 1 aliphatic heterocycles. The first-order valence-corrected chi connectivity index (χ1v) is 4.95. The number of rotatable bonds is 2. The smallest absolute Gasteiger partial charge is 0.269 e. The van der Waals surface area contributed by atoms with E-state index < -0.39 is 4.92 Å². The minimum atomic E-state index is -0.405. The fourth-order valence-electron chi connectivity index (χ4n) is 1.85. The highest BCUT2D eigenvalue weighted by molar-refractivity contribution is 5.41. The number of nitrogens with zero attached hydrogens (tertiary/aromatic N) is 1. The summed E-state index contributed by atoms with van der Waals surface area (Å²) in [6.45, 7) is 4.00. The van der Waals surface area contributed by atoms with Crippen LogP contribution in [0, 0.1) is 10.1 Å². The van der Waals surface area contributed by atoms with Crippen molar-refractivity contribution < 1.29 is 10.0 Å². The zero-order valence-corrected chi connectivity index (χ0v) is 8.64. The Morgan fingerprint density at radius 2 is 2.31 bits per heavy atom. The number of fused-ring (bicyclic) bond motifs is 1. The maximum Gasteiger partial charge on any atom is 0.269 e. The summed E-state index contributed by atoms with van der Waals surface area (Å²) in [5, 5.41) is 22.9. The van der Waals surface area contributed by atoms with Crippen LogP contribution in [-0.4, -0.2) is 16.1 Å². The molecule has 0 spiro atoms. The molecule has 84 valence electrons. The normalized spacial score (nSPS) is 18.9. The van der Waals surface area contributed by atoms with E-state index in [1.807, 2.05) is 0 Å². The fraction of sp³-hybridized carbons (Fsp3) is 0.273. The van der Waals surface area contributed by atoms with Gasteiger partial charge in [0.2, 0.25) is 0 Å². The zero-order valence-electron chi connectivity index (χ0n) is 8.64. The summed E-state index contributed by atoms with van der Waals surface area (Å²) < 4.78 is 0. The Balaban J connectivity index is 2.29. The molecule has 1 unspecified atom stereocenters. The molecule has 0 saturated heterocycles. The van der Waals surface area contributed by atoms with Gasteiger partial charge in [0.1, 0.15) is 5.76 Å². The molecule has 1 heterocycles. The molecule has 1 aromatic rings. The van der Waals surface area contributed by atoms with Gasteiger partial charge in [0.15, 0.2) is 0 Å². The molecule has 1 aliphatic rings. The van der Waals surface area contributed by atoms with Gasteiger partial charge in [-0.1, -0.05) is 12.6 Å². The van der Waals surface area contributed by atoms with E-state index in [1.54, 1.807) is 12.1 Å². The van der Waals surface area contributed by atoms with Crippen LogP contribution in [0.2, 0.25) is 0 Å². The quantitative estimate of drug-likeness (QED) is 0.451. The Morgan fingerprint density at radius 3 is 2.94 bits per heavy atom. The highest BCUT2D eigenvalue weighted by Gasteiger charge is 2.21. The number of hydrogen-bond acceptors (Lipinski definition) is 4. The predicted octanol–water partition coefficient (Wildman–Crippen LogP) is 1.68. The van der Waals surface area contributed by atoms with E-state index in [0.29, 0.717) is 13.0 Å². The molecule has 0 saturated carbocycles. The van der Waals surface area contributed by atoms with Crippen LogP contribution in [0.1, 0.15) is 11.1 Å². The maximum atomic E-state index is 10.6. The summed E-state index contributed by atoms with van der Waals surface area (Å²) in [6, 6.07) is 4.64. The Labute approximate surface area is 92.6 Å². The number of nitro groups is 1. The molecule has 1 aromatic carbocycles. The van der Waals surface area contributed by atoms with Gasteiger partial charge in [-0.15, -0.1) is 0 Å². The van der Waals surface area contributed by atoms with Crippen LogP contribution in [0.15, 0.2) is 30.5 Å². The van der Waals surface area contributed by atoms with Crippen LogP contribution >= 0.6 is 0 Å². The summed E-state index contributed by atoms with van der Waals surface area (Å²) >= 11 is 0. The number of benzene rings is 1. The van der Waals surface area contributed by atoms with Gasteiger partial charge in [0.05, 0.1) is 11.0 Å². The van der Waals surface area contributed by atoms with Crippen LogP contribution in [0.4, 0.5) is 5.69 Å². The molecule has 2 N–H and O–H groups in total. The van der Waals surface area contributed by atoms with E-state index in [9.17, 15) is 15.2 Å². The van der Waals surface area contributed by atoms with Gasteiger partial charge in [-0.25, -0.2) is 0 Å². The van der Waals surface area contributed by atoms with Crippen molar-refractivity contribution in [1.82, 2.24) is 5.32 Å². The third kappa shape index (κ3) is 1.90. The fourth-order valence-corrected chi connectivity index (χ4v) is 1.85. The van der Waals surface area contributed by atoms with Gasteiger partial charge < -0.3 is 10.4 Å². The molecule has 5 nitrogen and oxygen atoms in total. The SMILES string of the molecule is C=C(O)C1Cc2ccc([N+](=O)[O-])cc2CN1. The molecule has 2 rings (SSSR count). The lowest BCUT2D eigenvalue weighted by molar-refractivity contribution is -0.384. The summed E-state index contributed by atoms with van der Waals surface area (Å²) in [7, 11) is 0. The molecule has 0 bridgehead atoms. The van der Waals surface area contributed by atoms with Crippen molar-refractivity contribution in [3.63, 3.8) is 0 Å². The molecular weight excluding hydrogens is 208 g/mol. The Morgan fingerprint density at radius 1 is 1.56 bits per heavy atom. The molecule has 0 amide bonds. The van der Waals surface area contributed by atoms with Crippen LogP contribution in [-0.2, 0) is 13.0 Å². The van der Waals surface area contributed by atoms with E-state index in [2.05, 4.69) is 11.9 Å². The van der Waals surface area contributed by atoms with Gasteiger partial charge in [0.25, 0.3) is 5.69 Å². The predicted molar refractivity (Wildman–Crippen MR) is 59.2 cm³/mol. The molecule has 0 aromatic heterocycles. The molecular formula is C11H12N2O3. The molecule has 16 heavy (non-hydrogen) atoms. The van der Waals surface area contributed by atoms with Gasteiger partial charge in [-0.3, -0.25) is 10.1 Å². The van der Waals surface area contributed by atoms with Crippen molar-refractivity contribution >= 4 is 5.69 Å². The maximum absolute atomic E-state index is 10.6. The van der Waals surface area contributed by atoms with Crippen LogP contribution in [0.25, 0.3) is 0 Å². The van der Waals surface area contributed by atoms with Crippen molar-refractivity contribution in [2.45, 2.75) is 19.0 Å². The van der Waals surface area contributed by atoms with Gasteiger partial charge in [-0.2, -0.15) is 0 Å². The second-order valence-corrected chi connectivity index (χ2v) is 3.84. The number of aliphatic hydroxyl groups is 1. The van der Waals surface area contributed by atoms with Gasteiger partial charge in [-0.05, 0) is 17.5 Å². The van der Waals surface area contributed by atoms with E-state index >= 15 is 0 Å². The van der Waals surface area contributed by atoms with Crippen LogP contribution in [0.5, 0.6) is 0 Å². The van der Waals surface area contributed by atoms with E-state index in [0.717, 1.165) is 11.1 Å². The highest BCUT2D eigenvalue weighted by atomic mass is 16.6. The minimum absolute atomic E-state index is 0.0989. The summed E-state index contributed by atoms with van der Waals surface area (Å²) in [4.78, 5) is 10.2. The van der Waals surface area contributed by atoms with E-state index in [4.69, 9.17) is 0 Å². The molecule has 5 heteroatoms. The standard InChI is InChI=1S/C11H12N2O3/c1-7(14)11-5-8-2-3-10(13(15)16)4-9(8)6-12-11/h2-4,11-12,14H,1,5-6H2. The van der Waals surface area contributed by atoms with Crippen molar-refractivity contribution in [3.05, 3.63) is 51.8 Å². The summed E-state index contributed by atoms with van der Waals surface area (Å²) in [5.74, 6) is 0.101. The summed E-state index contributed by atoms with van der Waals surface area (Å²) in [5.41, 5.74) is 2.03. The third-order valence-corrected chi connectivity index (χ3v) is 2.77. The van der Waals surface area contributed by atoms with Gasteiger partial charge >= 0.3 is 0 Å². The zero-order chi connectivity index (χ0) is 11.7. The second kappa shape index (κ2) is 3.94. The largest absolute Gasteiger partial charge is 0.511 e. The number of aliphatic hydroxyl groups excluding tert-OH is 1. The number of nitrogens with one attached hydrogen (secondary N) is 1. The topological polar surface area (TPSA) is 75.4 Å². The number of non-ortho nitro benzene ring substituents is 1. The monoisotopic (exact) mass is 220 g/mol. The lowest BCUT2D eigenvalue weighted by Gasteiger charge is -2.24. The highest BCUT2D eigenvalue weighted by Crippen LogP contribution is 2.23. The second-order valence-electron chi connectivity index (χ2n) is 3.84. The lowest BCUT2D eigenvalue weighted by Crippen LogP contribution is -2.36. The van der Waals surface area contributed by atoms with E-state index in [-0.39, 0.29) is 17.5 Å². The molecule has 0 aliphatic carbocycles. The van der Waals surface area contributed by atoms with Gasteiger partial charge in [0, 0.05) is 18.7 Å². The first-order valence-electron chi connectivity index (χ1n) is 4.95. The minimum Gasteiger partial charge on any atom is -0.511 e. The van der Waals surface area contributed by atoms with Crippen molar-refractivity contribution in [1.29, 1.82) is 0 Å². The van der Waals surface area contributed by atoms with Crippen LogP contribution in [0.3, 0.4) is 0 Å². The Bertz CT molecular complexity index is 457. The Hall–Kier alpha value is -1.88. The average molecular weight is 220 g/mol. The molecule has 0 radical (unpaired) electrons. The number of hydrogen-bond donors (Lipinski definition) is 2. The van der Waals surface area contributed by atoms with Crippen molar-refractivity contribution in [3.8, 4) is 0 Å². The third-order valence-electron chi connectivity index (χ3n) is 2.77. The first-order chi connectivity index (χ1) is 7.58. The Kier molecular flexibility index (Phi) is 2.62. The van der Waals surface area contributed by atoms with E-state index in [1.165, 1.54) is 6.07 Å². The van der Waals surface area contributed by atoms with Crippen molar-refractivity contribution in [2.75, 3.05) is 0 Å². The summed E-state index contributed by atoms with van der Waals surface area (Å²) in [6.07, 6.45) is 0.614. The molecule has 1 atom stereocenters. The van der Waals surface area contributed by atoms with Crippen molar-refractivity contribution in [2.24, 2.45) is 0 Å².